The second kappa shape index (κ2) is 5.01. The van der Waals surface area contributed by atoms with Gasteiger partial charge in [0, 0.05) is 22.0 Å². The molecule has 1 aromatic carbocycles. The summed E-state index contributed by atoms with van der Waals surface area (Å²) in [5, 5.41) is 5.35. The predicted octanol–water partition coefficient (Wildman–Crippen LogP) is 3.38. The summed E-state index contributed by atoms with van der Waals surface area (Å²) in [5.41, 5.74) is 7.84. The number of hydrogen-bond donors (Lipinski definition) is 2. The maximum Gasteiger partial charge on any atom is 0.229 e. The van der Waals surface area contributed by atoms with Crippen LogP contribution in [0.1, 0.15) is 20.8 Å². The Balaban J connectivity index is 2.13. The number of hydrogen-bond acceptors (Lipinski definition) is 4. The Morgan fingerprint density at radius 2 is 1.89 bits per heavy atom. The van der Waals surface area contributed by atoms with E-state index in [1.54, 1.807) is 0 Å². The molecule has 0 aliphatic heterocycles. The smallest absolute Gasteiger partial charge is 0.229 e. The molecule has 19 heavy (non-hydrogen) atoms. The quantitative estimate of drug-likeness (QED) is 0.883. The maximum atomic E-state index is 11.9. The zero-order valence-electron chi connectivity index (χ0n) is 11.2. The monoisotopic (exact) mass is 275 g/mol. The van der Waals surface area contributed by atoms with Crippen LogP contribution in [0.15, 0.2) is 29.6 Å². The number of nitrogens with one attached hydrogen (secondary N) is 1. The van der Waals surface area contributed by atoms with E-state index in [9.17, 15) is 4.79 Å². The van der Waals surface area contributed by atoms with E-state index in [4.69, 9.17) is 5.73 Å². The Bertz CT molecular complexity index is 581. The minimum absolute atomic E-state index is 0.00171. The van der Waals surface area contributed by atoms with Gasteiger partial charge in [0.05, 0.1) is 5.69 Å². The van der Waals surface area contributed by atoms with E-state index in [2.05, 4.69) is 10.3 Å². The molecule has 100 valence electrons. The Kier molecular flexibility index (Phi) is 3.57. The summed E-state index contributed by atoms with van der Waals surface area (Å²) in [6, 6.07) is 7.59. The highest BCUT2D eigenvalue weighted by molar-refractivity contribution is 7.13. The van der Waals surface area contributed by atoms with E-state index >= 15 is 0 Å². The second-order valence-corrected chi connectivity index (χ2v) is 6.24. The molecular formula is C14H17N3OS. The van der Waals surface area contributed by atoms with Crippen molar-refractivity contribution >= 4 is 28.1 Å². The highest BCUT2D eigenvalue weighted by atomic mass is 32.1. The number of aromatic nitrogens is 1. The number of carbonyl (C=O) groups excluding carboxylic acids is 1. The number of benzene rings is 1. The van der Waals surface area contributed by atoms with Crippen LogP contribution in [0.2, 0.25) is 0 Å². The summed E-state index contributed by atoms with van der Waals surface area (Å²) in [6.07, 6.45) is 0. The first-order valence-electron chi connectivity index (χ1n) is 5.99. The van der Waals surface area contributed by atoms with Gasteiger partial charge in [0.2, 0.25) is 5.91 Å². The largest absolute Gasteiger partial charge is 0.375 e. The van der Waals surface area contributed by atoms with Gasteiger partial charge in [0.1, 0.15) is 0 Å². The van der Waals surface area contributed by atoms with Gasteiger partial charge < -0.3 is 11.1 Å². The van der Waals surface area contributed by atoms with Crippen LogP contribution >= 0.6 is 11.3 Å². The molecule has 0 bridgehead atoms. The standard InChI is InChI=1S/C14H17N3OS/c1-14(2,3)12(18)16-10-6-4-9(5-7-10)11-8-19-13(15)17-11/h4-8H,1-3H3,(H2,15,17)(H,16,18). The van der Waals surface area contributed by atoms with Crippen molar-refractivity contribution in [2.75, 3.05) is 11.1 Å². The molecule has 0 radical (unpaired) electrons. The number of nitrogens with two attached hydrogens (primary N) is 1. The Morgan fingerprint density at radius 3 is 2.37 bits per heavy atom. The number of anilines is 2. The Hall–Kier alpha value is -1.88. The lowest BCUT2D eigenvalue weighted by Gasteiger charge is -2.17. The molecule has 2 rings (SSSR count). The normalized spacial score (nSPS) is 11.3. The molecule has 5 heteroatoms. The first-order valence-corrected chi connectivity index (χ1v) is 6.87. The van der Waals surface area contributed by atoms with E-state index in [0.717, 1.165) is 16.9 Å². The number of carbonyl (C=O) groups is 1. The zero-order valence-corrected chi connectivity index (χ0v) is 12.0. The van der Waals surface area contributed by atoms with E-state index < -0.39 is 5.41 Å². The summed E-state index contributed by atoms with van der Waals surface area (Å²) in [5.74, 6) is -0.00171. The summed E-state index contributed by atoms with van der Waals surface area (Å²) >= 11 is 1.41. The fraction of sp³-hybridized carbons (Fsp3) is 0.286. The molecule has 4 nitrogen and oxygen atoms in total. The van der Waals surface area contributed by atoms with Crippen molar-refractivity contribution in [3.05, 3.63) is 29.6 Å². The van der Waals surface area contributed by atoms with Crippen molar-refractivity contribution in [3.63, 3.8) is 0 Å². The topological polar surface area (TPSA) is 68.0 Å². The molecule has 0 atom stereocenters. The van der Waals surface area contributed by atoms with Crippen LogP contribution in [-0.2, 0) is 4.79 Å². The van der Waals surface area contributed by atoms with Gasteiger partial charge in [-0.1, -0.05) is 32.9 Å². The van der Waals surface area contributed by atoms with Crippen molar-refractivity contribution < 1.29 is 4.79 Å². The Morgan fingerprint density at radius 1 is 1.26 bits per heavy atom. The third-order valence-corrected chi connectivity index (χ3v) is 3.32. The van der Waals surface area contributed by atoms with Gasteiger partial charge in [-0.05, 0) is 12.1 Å². The third kappa shape index (κ3) is 3.32. The van der Waals surface area contributed by atoms with Crippen molar-refractivity contribution in [2.45, 2.75) is 20.8 Å². The molecule has 0 aliphatic rings. The van der Waals surface area contributed by atoms with Gasteiger partial charge in [0.25, 0.3) is 0 Å². The molecule has 1 amide bonds. The molecule has 1 aromatic heterocycles. The summed E-state index contributed by atoms with van der Waals surface area (Å²) in [4.78, 5) is 16.1. The van der Waals surface area contributed by atoms with E-state index in [1.165, 1.54) is 11.3 Å². The lowest BCUT2D eigenvalue weighted by molar-refractivity contribution is -0.123. The van der Waals surface area contributed by atoms with E-state index in [-0.39, 0.29) is 5.91 Å². The van der Waals surface area contributed by atoms with Crippen LogP contribution in [-0.4, -0.2) is 10.9 Å². The third-order valence-electron chi connectivity index (χ3n) is 2.64. The molecule has 0 aliphatic carbocycles. The number of nitrogen functional groups attached to an aromatic ring is 1. The average Bonchev–Trinajstić information content (AvgIpc) is 2.75. The number of thiazole rings is 1. The van der Waals surface area contributed by atoms with Gasteiger partial charge in [-0.2, -0.15) is 0 Å². The summed E-state index contributed by atoms with van der Waals surface area (Å²) in [7, 11) is 0. The Labute approximate surface area is 116 Å². The summed E-state index contributed by atoms with van der Waals surface area (Å²) in [6.45, 7) is 5.65. The SMILES string of the molecule is CC(C)(C)C(=O)Nc1ccc(-c2csc(N)n2)cc1. The summed E-state index contributed by atoms with van der Waals surface area (Å²) < 4.78 is 0. The van der Waals surface area contributed by atoms with Crippen LogP contribution in [0.4, 0.5) is 10.8 Å². The molecule has 3 N–H and O–H groups in total. The second-order valence-electron chi connectivity index (χ2n) is 5.35. The molecule has 0 spiro atoms. The van der Waals surface area contributed by atoms with Crippen LogP contribution in [0.25, 0.3) is 11.3 Å². The molecule has 0 fully saturated rings. The molecule has 1 heterocycles. The highest BCUT2D eigenvalue weighted by Crippen LogP contribution is 2.25. The molecule has 0 saturated heterocycles. The molecule has 2 aromatic rings. The van der Waals surface area contributed by atoms with Gasteiger partial charge in [-0.3, -0.25) is 4.79 Å². The first kappa shape index (κ1) is 13.5. The molecule has 0 saturated carbocycles. The fourth-order valence-corrected chi connectivity index (χ4v) is 2.04. The van der Waals surface area contributed by atoms with Crippen LogP contribution in [0, 0.1) is 5.41 Å². The van der Waals surface area contributed by atoms with Crippen LogP contribution in [0.3, 0.4) is 0 Å². The minimum Gasteiger partial charge on any atom is -0.375 e. The fourth-order valence-electron chi connectivity index (χ4n) is 1.46. The average molecular weight is 275 g/mol. The lowest BCUT2D eigenvalue weighted by atomic mass is 9.95. The zero-order chi connectivity index (χ0) is 14.0. The number of nitrogens with zero attached hydrogens (tertiary/aromatic N) is 1. The van der Waals surface area contributed by atoms with Crippen LogP contribution < -0.4 is 11.1 Å². The van der Waals surface area contributed by atoms with Gasteiger partial charge in [0.15, 0.2) is 5.13 Å². The number of amides is 1. The van der Waals surface area contributed by atoms with E-state index in [0.29, 0.717) is 5.13 Å². The predicted molar refractivity (Wildman–Crippen MR) is 80.0 cm³/mol. The van der Waals surface area contributed by atoms with E-state index in [1.807, 2.05) is 50.4 Å². The maximum absolute atomic E-state index is 11.9. The van der Waals surface area contributed by atoms with Crippen molar-refractivity contribution in [1.29, 1.82) is 0 Å². The van der Waals surface area contributed by atoms with Crippen molar-refractivity contribution in [3.8, 4) is 11.3 Å². The first-order chi connectivity index (χ1) is 8.86. The molecular weight excluding hydrogens is 258 g/mol. The van der Waals surface area contributed by atoms with Crippen molar-refractivity contribution in [1.82, 2.24) is 4.98 Å². The number of rotatable bonds is 2. The van der Waals surface area contributed by atoms with Crippen LogP contribution in [0.5, 0.6) is 0 Å². The van der Waals surface area contributed by atoms with Gasteiger partial charge >= 0.3 is 0 Å². The lowest BCUT2D eigenvalue weighted by Crippen LogP contribution is -2.27. The molecule has 0 unspecified atom stereocenters. The van der Waals surface area contributed by atoms with Gasteiger partial charge in [-0.25, -0.2) is 4.98 Å². The highest BCUT2D eigenvalue weighted by Gasteiger charge is 2.21. The van der Waals surface area contributed by atoms with Crippen molar-refractivity contribution in [2.24, 2.45) is 5.41 Å². The van der Waals surface area contributed by atoms with Gasteiger partial charge in [-0.15, -0.1) is 11.3 Å². The minimum atomic E-state index is -0.401.